The summed E-state index contributed by atoms with van der Waals surface area (Å²) in [6.07, 6.45) is -1.48. The molecule has 0 spiro atoms. The van der Waals surface area contributed by atoms with Gasteiger partial charge in [0.05, 0.1) is 12.6 Å². The van der Waals surface area contributed by atoms with Crippen molar-refractivity contribution < 1.29 is 28.5 Å². The average Bonchev–Trinajstić information content (AvgIpc) is 2.90. The third-order valence-electron chi connectivity index (χ3n) is 6.38. The van der Waals surface area contributed by atoms with Crippen molar-refractivity contribution in [3.63, 3.8) is 0 Å². The van der Waals surface area contributed by atoms with Gasteiger partial charge in [-0.25, -0.2) is 9.59 Å². The fourth-order valence-electron chi connectivity index (χ4n) is 4.40. The van der Waals surface area contributed by atoms with Crippen LogP contribution < -0.4 is 10.6 Å². The molecule has 1 aliphatic heterocycles. The van der Waals surface area contributed by atoms with Gasteiger partial charge in [0, 0.05) is 22.5 Å². The summed E-state index contributed by atoms with van der Waals surface area (Å²) in [4.78, 5) is 25.2. The second-order valence-corrected chi connectivity index (χ2v) is 10.4. The zero-order valence-electron chi connectivity index (χ0n) is 22.2. The second kappa shape index (κ2) is 13.6. The summed E-state index contributed by atoms with van der Waals surface area (Å²) >= 11 is 3.47. The first-order valence-electron chi connectivity index (χ1n) is 12.8. The number of amides is 2. The molecule has 9 heteroatoms. The zero-order valence-corrected chi connectivity index (χ0v) is 23.8. The van der Waals surface area contributed by atoms with Gasteiger partial charge in [-0.3, -0.25) is 5.32 Å². The van der Waals surface area contributed by atoms with Gasteiger partial charge in [-0.1, -0.05) is 71.4 Å². The number of aryl methyl sites for hydroxylation is 1. The first-order valence-corrected chi connectivity index (χ1v) is 13.6. The number of rotatable bonds is 10. The Labute approximate surface area is 237 Å². The molecule has 8 nitrogen and oxygen atoms in total. The zero-order chi connectivity index (χ0) is 27.8. The topological polar surface area (TPSA) is 95.1 Å². The van der Waals surface area contributed by atoms with Gasteiger partial charge in [0.15, 0.2) is 12.6 Å². The SMILES string of the molecule is Cc1cc(Br)ccc1[C@@H](C)COC(=O)Nc1cccc([C@@H](CC2OC(C)O2)NC(=O)OCc2ccccc2)c1. The van der Waals surface area contributed by atoms with Crippen LogP contribution in [0.1, 0.15) is 54.5 Å². The quantitative estimate of drug-likeness (QED) is 0.257. The van der Waals surface area contributed by atoms with Crippen LogP contribution in [0.5, 0.6) is 0 Å². The van der Waals surface area contributed by atoms with Gasteiger partial charge >= 0.3 is 12.2 Å². The predicted molar refractivity (Wildman–Crippen MR) is 151 cm³/mol. The Morgan fingerprint density at radius 3 is 2.46 bits per heavy atom. The van der Waals surface area contributed by atoms with Crippen LogP contribution in [-0.4, -0.2) is 31.4 Å². The van der Waals surface area contributed by atoms with Gasteiger partial charge in [0.2, 0.25) is 0 Å². The number of nitrogens with one attached hydrogen (secondary N) is 2. The fraction of sp³-hybridized carbons (Fsp3) is 0.333. The van der Waals surface area contributed by atoms with Crippen LogP contribution in [0.4, 0.5) is 15.3 Å². The van der Waals surface area contributed by atoms with E-state index in [-0.39, 0.29) is 25.4 Å². The van der Waals surface area contributed by atoms with Gasteiger partial charge in [0.1, 0.15) is 6.61 Å². The summed E-state index contributed by atoms with van der Waals surface area (Å²) in [5.74, 6) is 0.0375. The molecular formula is C30H33BrN2O6. The molecule has 0 bridgehead atoms. The molecular weight excluding hydrogens is 564 g/mol. The average molecular weight is 598 g/mol. The maximum Gasteiger partial charge on any atom is 0.411 e. The van der Waals surface area contributed by atoms with E-state index in [2.05, 4.69) is 26.6 Å². The maximum atomic E-state index is 12.6. The summed E-state index contributed by atoms with van der Waals surface area (Å²) in [5, 5.41) is 5.68. The van der Waals surface area contributed by atoms with E-state index < -0.39 is 24.5 Å². The Morgan fingerprint density at radius 2 is 1.74 bits per heavy atom. The minimum Gasteiger partial charge on any atom is -0.449 e. The lowest BCUT2D eigenvalue weighted by Gasteiger charge is -2.36. The highest BCUT2D eigenvalue weighted by molar-refractivity contribution is 9.10. The molecule has 4 rings (SSSR count). The normalized spacial score (nSPS) is 17.8. The van der Waals surface area contributed by atoms with Crippen LogP contribution in [0.3, 0.4) is 0 Å². The molecule has 206 valence electrons. The molecule has 2 amide bonds. The van der Waals surface area contributed by atoms with Crippen molar-refractivity contribution in [2.45, 2.75) is 58.3 Å². The van der Waals surface area contributed by atoms with E-state index in [1.807, 2.05) is 75.4 Å². The highest BCUT2D eigenvalue weighted by Crippen LogP contribution is 2.29. The Balaban J connectivity index is 1.36. The lowest BCUT2D eigenvalue weighted by molar-refractivity contribution is -0.378. The molecule has 1 fully saturated rings. The number of halogens is 1. The Hall–Kier alpha value is -3.40. The van der Waals surface area contributed by atoms with Gasteiger partial charge < -0.3 is 24.3 Å². The first-order chi connectivity index (χ1) is 18.8. The van der Waals surface area contributed by atoms with Crippen LogP contribution >= 0.6 is 15.9 Å². The smallest absolute Gasteiger partial charge is 0.411 e. The number of hydrogen-bond donors (Lipinski definition) is 2. The largest absolute Gasteiger partial charge is 0.449 e. The summed E-state index contributed by atoms with van der Waals surface area (Å²) in [7, 11) is 0. The van der Waals surface area contributed by atoms with E-state index in [0.717, 1.165) is 26.7 Å². The van der Waals surface area contributed by atoms with Gasteiger partial charge in [-0.2, -0.15) is 0 Å². The number of hydrogen-bond acceptors (Lipinski definition) is 6. The van der Waals surface area contributed by atoms with Crippen molar-refractivity contribution in [2.75, 3.05) is 11.9 Å². The summed E-state index contributed by atoms with van der Waals surface area (Å²) in [6.45, 7) is 6.24. The van der Waals surface area contributed by atoms with Crippen LogP contribution in [-0.2, 0) is 25.6 Å². The lowest BCUT2D eigenvalue weighted by Crippen LogP contribution is -2.42. The van der Waals surface area contributed by atoms with Crippen molar-refractivity contribution in [3.8, 4) is 0 Å². The lowest BCUT2D eigenvalue weighted by atomic mass is 9.97. The monoisotopic (exact) mass is 596 g/mol. The predicted octanol–water partition coefficient (Wildman–Crippen LogP) is 7.19. The molecule has 0 unspecified atom stereocenters. The molecule has 1 heterocycles. The van der Waals surface area contributed by atoms with Crippen molar-refractivity contribution in [1.29, 1.82) is 0 Å². The molecule has 0 radical (unpaired) electrons. The third-order valence-corrected chi connectivity index (χ3v) is 6.88. The first kappa shape index (κ1) is 28.6. The summed E-state index contributed by atoms with van der Waals surface area (Å²) in [5.41, 5.74) is 4.44. The van der Waals surface area contributed by atoms with Crippen LogP contribution in [0.15, 0.2) is 77.3 Å². The minimum absolute atomic E-state index is 0.0375. The minimum atomic E-state index is -0.564. The van der Waals surface area contributed by atoms with Crippen LogP contribution in [0.2, 0.25) is 0 Å². The molecule has 0 aromatic heterocycles. The fourth-order valence-corrected chi connectivity index (χ4v) is 4.87. The number of carbonyl (C=O) groups is 2. The van der Waals surface area contributed by atoms with E-state index in [4.69, 9.17) is 18.9 Å². The number of alkyl carbamates (subject to hydrolysis) is 1. The summed E-state index contributed by atoms with van der Waals surface area (Å²) < 4.78 is 23.1. The molecule has 39 heavy (non-hydrogen) atoms. The maximum absolute atomic E-state index is 12.6. The molecule has 0 aliphatic carbocycles. The number of ether oxygens (including phenoxy) is 4. The molecule has 2 atom stereocenters. The third kappa shape index (κ3) is 8.54. The van der Waals surface area contributed by atoms with Gasteiger partial charge in [-0.15, -0.1) is 0 Å². The van der Waals surface area contributed by atoms with Gasteiger partial charge in [-0.05, 0) is 60.4 Å². The van der Waals surface area contributed by atoms with E-state index in [0.29, 0.717) is 12.1 Å². The molecule has 1 saturated heterocycles. The Bertz CT molecular complexity index is 1270. The second-order valence-electron chi connectivity index (χ2n) is 9.51. The molecule has 2 N–H and O–H groups in total. The highest BCUT2D eigenvalue weighted by Gasteiger charge is 2.31. The number of anilines is 1. The van der Waals surface area contributed by atoms with Crippen LogP contribution in [0.25, 0.3) is 0 Å². The van der Waals surface area contributed by atoms with Crippen molar-refractivity contribution in [1.82, 2.24) is 5.32 Å². The van der Waals surface area contributed by atoms with E-state index in [9.17, 15) is 9.59 Å². The van der Waals surface area contributed by atoms with E-state index in [1.54, 1.807) is 18.2 Å². The van der Waals surface area contributed by atoms with Crippen molar-refractivity contribution in [2.24, 2.45) is 0 Å². The standard InChI is InChI=1S/C30H33BrN2O6/c1-19-14-24(31)12-13-26(19)20(2)17-36-29(34)32-25-11-7-10-23(15-25)27(16-28-38-21(3)39-28)33-30(35)37-18-22-8-5-4-6-9-22/h4-15,20-21,27-28H,16-18H2,1-3H3,(H,32,34)(H,33,35)/t20-,21?,27+,28?/m0/s1. The molecule has 1 aliphatic rings. The molecule has 0 saturated carbocycles. The van der Waals surface area contributed by atoms with Gasteiger partial charge in [0.25, 0.3) is 0 Å². The van der Waals surface area contributed by atoms with Crippen molar-refractivity contribution in [3.05, 3.63) is 99.5 Å². The Kier molecular flexibility index (Phi) is 9.97. The highest BCUT2D eigenvalue weighted by atomic mass is 79.9. The van der Waals surface area contributed by atoms with Crippen molar-refractivity contribution >= 4 is 33.8 Å². The van der Waals surface area contributed by atoms with E-state index >= 15 is 0 Å². The number of carbonyl (C=O) groups excluding carboxylic acids is 2. The molecule has 3 aromatic rings. The number of benzene rings is 3. The molecule has 3 aromatic carbocycles. The Morgan fingerprint density at radius 1 is 0.974 bits per heavy atom. The van der Waals surface area contributed by atoms with Crippen LogP contribution in [0, 0.1) is 6.92 Å². The summed E-state index contributed by atoms with van der Waals surface area (Å²) in [6, 6.07) is 22.2. The van der Waals surface area contributed by atoms with E-state index in [1.165, 1.54) is 0 Å².